The monoisotopic (exact) mass is 311 g/mol. The number of carbonyl (C=O) groups is 1. The Labute approximate surface area is 126 Å². The summed E-state index contributed by atoms with van der Waals surface area (Å²) >= 11 is 1.51. The predicted molar refractivity (Wildman–Crippen MR) is 81.0 cm³/mol. The van der Waals surface area contributed by atoms with Crippen LogP contribution in [0.2, 0.25) is 0 Å². The first-order chi connectivity index (χ1) is 10.1. The maximum Gasteiger partial charge on any atom is 0.248 e. The molecule has 1 N–H and O–H groups in total. The van der Waals surface area contributed by atoms with Crippen molar-refractivity contribution in [2.24, 2.45) is 0 Å². The van der Waals surface area contributed by atoms with Gasteiger partial charge in [-0.3, -0.25) is 4.79 Å². The topological polar surface area (TPSA) is 49.8 Å². The Morgan fingerprint density at radius 3 is 3.05 bits per heavy atom. The number of fused-ring (bicyclic) bond motifs is 1. The third-order valence-corrected chi connectivity index (χ3v) is 4.10. The summed E-state index contributed by atoms with van der Waals surface area (Å²) in [7, 11) is 1.60. The Balaban J connectivity index is 1.82. The second kappa shape index (κ2) is 7.49. The van der Waals surface area contributed by atoms with Gasteiger partial charge in [0, 0.05) is 18.3 Å². The van der Waals surface area contributed by atoms with Crippen molar-refractivity contribution in [1.82, 2.24) is 4.90 Å². The molecule has 0 spiro atoms. The van der Waals surface area contributed by atoms with Crippen LogP contribution in [0.25, 0.3) is 10.1 Å². The lowest BCUT2D eigenvalue weighted by molar-refractivity contribution is -0.135. The number of nitrogens with zero attached hydrogens (tertiary/aromatic N) is 1. The number of ether oxygens (including phenoxy) is 1. The van der Waals surface area contributed by atoms with Crippen molar-refractivity contribution in [2.45, 2.75) is 6.42 Å². The van der Waals surface area contributed by atoms with Crippen molar-refractivity contribution in [3.63, 3.8) is 0 Å². The quantitative estimate of drug-likeness (QED) is 0.796. The summed E-state index contributed by atoms with van der Waals surface area (Å²) in [5.41, 5.74) is 0.595. The number of benzene rings is 1. The first-order valence-corrected chi connectivity index (χ1v) is 7.58. The first kappa shape index (κ1) is 15.9. The Bertz CT molecular complexity index is 614. The van der Waals surface area contributed by atoms with E-state index in [-0.39, 0.29) is 38.1 Å². The van der Waals surface area contributed by atoms with Crippen molar-refractivity contribution >= 4 is 27.3 Å². The number of rotatable bonds is 7. The summed E-state index contributed by atoms with van der Waals surface area (Å²) in [6.07, 6.45) is 0.425. The molecular formula is C15H18FNO3S. The van der Waals surface area contributed by atoms with Crippen molar-refractivity contribution in [1.29, 1.82) is 0 Å². The second-order valence-corrected chi connectivity index (χ2v) is 5.69. The normalized spacial score (nSPS) is 11.0. The molecule has 4 nitrogen and oxygen atoms in total. The molecule has 2 rings (SSSR count). The molecule has 114 valence electrons. The average molecular weight is 311 g/mol. The van der Waals surface area contributed by atoms with Crippen molar-refractivity contribution in [2.75, 3.05) is 33.4 Å². The summed E-state index contributed by atoms with van der Waals surface area (Å²) < 4.78 is 20.1. The van der Waals surface area contributed by atoms with Gasteiger partial charge in [0.2, 0.25) is 5.91 Å². The molecule has 1 aromatic heterocycles. The van der Waals surface area contributed by atoms with E-state index in [1.54, 1.807) is 7.05 Å². The summed E-state index contributed by atoms with van der Waals surface area (Å²) in [5, 5.41) is 11.7. The molecule has 2 aromatic rings. The first-order valence-electron chi connectivity index (χ1n) is 6.70. The van der Waals surface area contributed by atoms with Gasteiger partial charge < -0.3 is 14.7 Å². The molecule has 1 heterocycles. The van der Waals surface area contributed by atoms with Crippen LogP contribution < -0.4 is 0 Å². The van der Waals surface area contributed by atoms with E-state index >= 15 is 0 Å². The van der Waals surface area contributed by atoms with Crippen LogP contribution in [0.5, 0.6) is 0 Å². The Morgan fingerprint density at radius 1 is 1.48 bits per heavy atom. The lowest BCUT2D eigenvalue weighted by Crippen LogP contribution is -2.32. The SMILES string of the molecule is CN(CCO)C(=O)COCCc1cc2ccsc2cc1F. The third kappa shape index (κ3) is 4.23. The van der Waals surface area contributed by atoms with Crippen molar-refractivity contribution in [3.05, 3.63) is 35.0 Å². The summed E-state index contributed by atoms with van der Waals surface area (Å²) in [6, 6.07) is 5.32. The minimum absolute atomic E-state index is 0.0567. The van der Waals surface area contributed by atoms with Gasteiger partial charge in [0.05, 0.1) is 13.2 Å². The predicted octanol–water partition coefficient (Wildman–Crippen LogP) is 2.05. The average Bonchev–Trinajstić information content (AvgIpc) is 2.90. The summed E-state index contributed by atoms with van der Waals surface area (Å²) in [4.78, 5) is 13.0. The van der Waals surface area contributed by atoms with E-state index in [1.807, 2.05) is 17.5 Å². The van der Waals surface area contributed by atoms with Crippen LogP contribution in [-0.2, 0) is 16.0 Å². The zero-order chi connectivity index (χ0) is 15.2. The lowest BCUT2D eigenvalue weighted by Gasteiger charge is -2.15. The largest absolute Gasteiger partial charge is 0.395 e. The fraction of sp³-hybridized carbons (Fsp3) is 0.400. The third-order valence-electron chi connectivity index (χ3n) is 3.22. The van der Waals surface area contributed by atoms with Gasteiger partial charge in [-0.25, -0.2) is 4.39 Å². The van der Waals surface area contributed by atoms with Crippen LogP contribution in [0.15, 0.2) is 23.6 Å². The smallest absolute Gasteiger partial charge is 0.248 e. The second-order valence-electron chi connectivity index (χ2n) is 4.74. The lowest BCUT2D eigenvalue weighted by atomic mass is 10.1. The standard InChI is InChI=1S/C15H18FNO3S/c1-17(4-5-18)15(19)10-20-6-2-11-8-12-3-7-21-14(12)9-13(11)16/h3,7-9,18H,2,4-6,10H2,1H3. The zero-order valence-corrected chi connectivity index (χ0v) is 12.7. The molecule has 0 fully saturated rings. The zero-order valence-electron chi connectivity index (χ0n) is 11.8. The highest BCUT2D eigenvalue weighted by Gasteiger charge is 2.09. The Hall–Kier alpha value is -1.50. The molecular weight excluding hydrogens is 293 g/mol. The molecule has 0 saturated carbocycles. The number of amides is 1. The number of aliphatic hydroxyl groups is 1. The highest BCUT2D eigenvalue weighted by molar-refractivity contribution is 7.17. The Kier molecular flexibility index (Phi) is 5.67. The highest BCUT2D eigenvalue weighted by Crippen LogP contribution is 2.24. The molecule has 1 aromatic carbocycles. The van der Waals surface area contributed by atoms with Crippen molar-refractivity contribution in [3.8, 4) is 0 Å². The fourth-order valence-electron chi connectivity index (χ4n) is 1.95. The molecule has 21 heavy (non-hydrogen) atoms. The summed E-state index contributed by atoms with van der Waals surface area (Å²) in [5.74, 6) is -0.435. The minimum Gasteiger partial charge on any atom is -0.395 e. The highest BCUT2D eigenvalue weighted by atomic mass is 32.1. The van der Waals surface area contributed by atoms with Gasteiger partial charge in [-0.1, -0.05) is 0 Å². The maximum atomic E-state index is 13.9. The van der Waals surface area contributed by atoms with E-state index in [1.165, 1.54) is 22.3 Å². The number of aliphatic hydroxyl groups excluding tert-OH is 1. The van der Waals surface area contributed by atoms with Crippen LogP contribution >= 0.6 is 11.3 Å². The van der Waals surface area contributed by atoms with E-state index < -0.39 is 0 Å². The fourth-order valence-corrected chi connectivity index (χ4v) is 2.75. The number of hydrogen-bond donors (Lipinski definition) is 1. The van der Waals surface area contributed by atoms with Crippen LogP contribution in [0.4, 0.5) is 4.39 Å². The van der Waals surface area contributed by atoms with Gasteiger partial charge in [0.15, 0.2) is 0 Å². The van der Waals surface area contributed by atoms with Gasteiger partial charge in [-0.2, -0.15) is 0 Å². The van der Waals surface area contributed by atoms with Crippen LogP contribution in [0.3, 0.4) is 0 Å². The van der Waals surface area contributed by atoms with Gasteiger partial charge in [0.1, 0.15) is 12.4 Å². The van der Waals surface area contributed by atoms with Gasteiger partial charge in [0.25, 0.3) is 0 Å². The molecule has 0 saturated heterocycles. The minimum atomic E-state index is -0.239. The number of likely N-dealkylation sites (N-methyl/N-ethyl adjacent to an activating group) is 1. The van der Waals surface area contributed by atoms with Crippen LogP contribution in [-0.4, -0.2) is 49.3 Å². The van der Waals surface area contributed by atoms with E-state index in [2.05, 4.69) is 0 Å². The molecule has 6 heteroatoms. The van der Waals surface area contributed by atoms with E-state index in [0.29, 0.717) is 12.0 Å². The van der Waals surface area contributed by atoms with Gasteiger partial charge in [-0.05, 0) is 40.9 Å². The number of carbonyl (C=O) groups excluding carboxylic acids is 1. The summed E-state index contributed by atoms with van der Waals surface area (Å²) in [6.45, 7) is 0.434. The molecule has 0 aliphatic carbocycles. The number of halogens is 1. The van der Waals surface area contributed by atoms with Crippen LogP contribution in [0, 0.1) is 5.82 Å². The Morgan fingerprint density at radius 2 is 2.29 bits per heavy atom. The van der Waals surface area contributed by atoms with E-state index in [4.69, 9.17) is 9.84 Å². The van der Waals surface area contributed by atoms with Crippen LogP contribution in [0.1, 0.15) is 5.56 Å². The number of thiophene rings is 1. The van der Waals surface area contributed by atoms with Gasteiger partial charge >= 0.3 is 0 Å². The van der Waals surface area contributed by atoms with Gasteiger partial charge in [-0.15, -0.1) is 11.3 Å². The molecule has 0 bridgehead atoms. The van der Waals surface area contributed by atoms with E-state index in [9.17, 15) is 9.18 Å². The molecule has 1 amide bonds. The maximum absolute atomic E-state index is 13.9. The molecule has 0 unspecified atom stereocenters. The molecule has 0 radical (unpaired) electrons. The van der Waals surface area contributed by atoms with E-state index in [0.717, 1.165) is 10.1 Å². The molecule has 0 aliphatic rings. The number of hydrogen-bond acceptors (Lipinski definition) is 4. The molecule has 0 aliphatic heterocycles. The van der Waals surface area contributed by atoms with Crippen molar-refractivity contribution < 1.29 is 19.0 Å². The molecule has 0 atom stereocenters.